The number of hydrogen-bond donors (Lipinski definition) is 2. The lowest BCUT2D eigenvalue weighted by Crippen LogP contribution is -2.46. The van der Waals surface area contributed by atoms with Crippen LogP contribution in [0.2, 0.25) is 0 Å². The Morgan fingerprint density at radius 1 is 1.00 bits per heavy atom. The molecule has 2 aromatic carbocycles. The summed E-state index contributed by atoms with van der Waals surface area (Å²) in [4.78, 5) is 26.1. The van der Waals surface area contributed by atoms with Crippen molar-refractivity contribution in [3.8, 4) is 0 Å². The highest BCUT2D eigenvalue weighted by atomic mass is 19.2. The molecule has 9 heteroatoms. The first kappa shape index (κ1) is 19.4. The maximum Gasteiger partial charge on any atom is 0.322 e. The van der Waals surface area contributed by atoms with Crippen LogP contribution in [0.4, 0.5) is 28.0 Å². The van der Waals surface area contributed by atoms with Crippen molar-refractivity contribution in [2.75, 3.05) is 12.4 Å². The SMILES string of the molecule is CC1=C(C(=O)Nc2ccc(F)c(F)c2)[C@H](c2ccc(F)c(F)c2)NC(=O)N1C. The van der Waals surface area contributed by atoms with E-state index in [2.05, 4.69) is 10.6 Å². The molecule has 0 unspecified atom stereocenters. The molecule has 1 heterocycles. The molecule has 0 fully saturated rings. The van der Waals surface area contributed by atoms with Gasteiger partial charge in [-0.15, -0.1) is 0 Å². The molecular weight excluding hydrogens is 378 g/mol. The summed E-state index contributed by atoms with van der Waals surface area (Å²) in [6.07, 6.45) is 0. The highest BCUT2D eigenvalue weighted by molar-refractivity contribution is 6.06. The van der Waals surface area contributed by atoms with E-state index in [1.165, 1.54) is 31.0 Å². The second-order valence-electron chi connectivity index (χ2n) is 6.20. The van der Waals surface area contributed by atoms with Crippen molar-refractivity contribution in [3.05, 3.63) is 76.5 Å². The number of urea groups is 1. The molecule has 1 aliphatic rings. The zero-order valence-electron chi connectivity index (χ0n) is 14.8. The first-order valence-electron chi connectivity index (χ1n) is 8.15. The fourth-order valence-electron chi connectivity index (χ4n) is 2.84. The van der Waals surface area contributed by atoms with Crippen LogP contribution >= 0.6 is 0 Å². The molecule has 1 atom stereocenters. The minimum absolute atomic E-state index is 0.00668. The Balaban J connectivity index is 2.01. The second kappa shape index (κ2) is 7.34. The highest BCUT2D eigenvalue weighted by Crippen LogP contribution is 2.31. The van der Waals surface area contributed by atoms with Gasteiger partial charge in [-0.3, -0.25) is 4.79 Å². The average molecular weight is 393 g/mol. The lowest BCUT2D eigenvalue weighted by Gasteiger charge is -2.33. The molecule has 28 heavy (non-hydrogen) atoms. The van der Waals surface area contributed by atoms with E-state index in [-0.39, 0.29) is 22.5 Å². The third-order valence-corrected chi connectivity index (χ3v) is 4.45. The number of nitrogens with zero attached hydrogens (tertiary/aromatic N) is 1. The molecule has 0 bridgehead atoms. The van der Waals surface area contributed by atoms with Gasteiger partial charge in [0.1, 0.15) is 0 Å². The number of carbonyl (C=O) groups excluding carboxylic acids is 2. The van der Waals surface area contributed by atoms with Crippen LogP contribution in [0.1, 0.15) is 18.5 Å². The molecule has 2 aromatic rings. The number of allylic oxidation sites excluding steroid dienone is 1. The molecule has 2 N–H and O–H groups in total. The molecule has 146 valence electrons. The Morgan fingerprint density at radius 2 is 1.61 bits per heavy atom. The van der Waals surface area contributed by atoms with E-state index < -0.39 is 41.2 Å². The van der Waals surface area contributed by atoms with Gasteiger partial charge in [-0.05, 0) is 36.8 Å². The van der Waals surface area contributed by atoms with E-state index in [9.17, 15) is 27.2 Å². The van der Waals surface area contributed by atoms with E-state index in [1.54, 1.807) is 0 Å². The van der Waals surface area contributed by atoms with Crippen molar-refractivity contribution in [3.63, 3.8) is 0 Å². The van der Waals surface area contributed by atoms with Crippen LogP contribution in [0.3, 0.4) is 0 Å². The van der Waals surface area contributed by atoms with E-state index in [0.717, 1.165) is 24.3 Å². The molecule has 0 radical (unpaired) electrons. The Hall–Kier alpha value is -3.36. The summed E-state index contributed by atoms with van der Waals surface area (Å²) in [6, 6.07) is 4.23. The Kier molecular flexibility index (Phi) is 5.08. The molecule has 3 rings (SSSR count). The number of anilines is 1. The topological polar surface area (TPSA) is 61.4 Å². The van der Waals surface area contributed by atoms with Crippen molar-refractivity contribution >= 4 is 17.6 Å². The van der Waals surface area contributed by atoms with Crippen molar-refractivity contribution in [2.24, 2.45) is 0 Å². The number of benzene rings is 2. The van der Waals surface area contributed by atoms with Gasteiger partial charge in [0.05, 0.1) is 11.6 Å². The maximum atomic E-state index is 13.7. The Bertz CT molecular complexity index is 1010. The van der Waals surface area contributed by atoms with Crippen molar-refractivity contribution < 1.29 is 27.2 Å². The third kappa shape index (κ3) is 3.55. The van der Waals surface area contributed by atoms with Gasteiger partial charge in [-0.25, -0.2) is 22.4 Å². The van der Waals surface area contributed by atoms with Gasteiger partial charge in [0.15, 0.2) is 23.3 Å². The van der Waals surface area contributed by atoms with Crippen molar-refractivity contribution in [1.29, 1.82) is 0 Å². The summed E-state index contributed by atoms with van der Waals surface area (Å²) < 4.78 is 53.4. The van der Waals surface area contributed by atoms with Crippen LogP contribution in [0, 0.1) is 23.3 Å². The molecule has 3 amide bonds. The fraction of sp³-hybridized carbons (Fsp3) is 0.158. The van der Waals surface area contributed by atoms with E-state index >= 15 is 0 Å². The first-order chi connectivity index (χ1) is 13.2. The van der Waals surface area contributed by atoms with Crippen molar-refractivity contribution in [1.82, 2.24) is 10.2 Å². The summed E-state index contributed by atoms with van der Waals surface area (Å²) in [7, 11) is 1.43. The minimum atomic E-state index is -1.14. The molecule has 0 aliphatic carbocycles. The van der Waals surface area contributed by atoms with Gasteiger partial charge >= 0.3 is 6.03 Å². The summed E-state index contributed by atoms with van der Waals surface area (Å²) in [6.45, 7) is 1.51. The third-order valence-electron chi connectivity index (χ3n) is 4.45. The van der Waals surface area contributed by atoms with E-state index in [0.29, 0.717) is 0 Å². The minimum Gasteiger partial charge on any atom is -0.327 e. The monoisotopic (exact) mass is 393 g/mol. The number of hydrogen-bond acceptors (Lipinski definition) is 2. The van der Waals surface area contributed by atoms with Gasteiger partial charge < -0.3 is 15.5 Å². The smallest absolute Gasteiger partial charge is 0.322 e. The maximum absolute atomic E-state index is 13.7. The molecule has 0 saturated heterocycles. The molecule has 0 aromatic heterocycles. The number of rotatable bonds is 3. The summed E-state index contributed by atoms with van der Waals surface area (Å²) in [5.41, 5.74) is 0.444. The molecule has 5 nitrogen and oxygen atoms in total. The first-order valence-corrected chi connectivity index (χ1v) is 8.15. The summed E-state index contributed by atoms with van der Waals surface area (Å²) >= 11 is 0. The van der Waals surface area contributed by atoms with E-state index in [1.807, 2.05) is 0 Å². The quantitative estimate of drug-likeness (QED) is 0.779. The lowest BCUT2D eigenvalue weighted by molar-refractivity contribution is -0.113. The van der Waals surface area contributed by atoms with Crippen LogP contribution in [0.25, 0.3) is 0 Å². The second-order valence-corrected chi connectivity index (χ2v) is 6.20. The van der Waals surface area contributed by atoms with Gasteiger partial charge in [0, 0.05) is 24.5 Å². The highest BCUT2D eigenvalue weighted by Gasteiger charge is 2.34. The zero-order valence-corrected chi connectivity index (χ0v) is 14.8. The number of halogens is 4. The van der Waals surface area contributed by atoms with E-state index in [4.69, 9.17) is 0 Å². The number of carbonyl (C=O) groups is 2. The van der Waals surface area contributed by atoms with Gasteiger partial charge in [0.25, 0.3) is 5.91 Å². The molecule has 0 saturated carbocycles. The molecule has 0 spiro atoms. The predicted molar refractivity (Wildman–Crippen MR) is 93.1 cm³/mol. The van der Waals surface area contributed by atoms with Gasteiger partial charge in [0.2, 0.25) is 0 Å². The normalized spacial score (nSPS) is 16.9. The van der Waals surface area contributed by atoms with Crippen LogP contribution in [0.15, 0.2) is 47.7 Å². The number of amides is 3. The van der Waals surface area contributed by atoms with Gasteiger partial charge in [-0.2, -0.15) is 0 Å². The number of nitrogens with one attached hydrogen (secondary N) is 2. The van der Waals surface area contributed by atoms with Crippen molar-refractivity contribution in [2.45, 2.75) is 13.0 Å². The zero-order chi connectivity index (χ0) is 20.6. The van der Waals surface area contributed by atoms with Crippen LogP contribution in [-0.4, -0.2) is 23.9 Å². The largest absolute Gasteiger partial charge is 0.327 e. The van der Waals surface area contributed by atoms with Gasteiger partial charge in [-0.1, -0.05) is 6.07 Å². The Morgan fingerprint density at radius 3 is 2.21 bits per heavy atom. The molecule has 1 aliphatic heterocycles. The average Bonchev–Trinajstić information content (AvgIpc) is 2.64. The van der Waals surface area contributed by atoms with Crippen LogP contribution in [0.5, 0.6) is 0 Å². The Labute approximate surface area is 157 Å². The lowest BCUT2D eigenvalue weighted by atomic mass is 9.94. The summed E-state index contributed by atoms with van der Waals surface area (Å²) in [5.74, 6) is -5.14. The fourth-order valence-corrected chi connectivity index (χ4v) is 2.84. The van der Waals surface area contributed by atoms with Crippen LogP contribution in [-0.2, 0) is 4.79 Å². The predicted octanol–water partition coefficient (Wildman–Crippen LogP) is 3.85. The summed E-state index contributed by atoms with van der Waals surface area (Å²) in [5, 5.41) is 4.96. The van der Waals surface area contributed by atoms with Crippen LogP contribution < -0.4 is 10.6 Å². The standard InChI is InChI=1S/C19H15F4N3O2/c1-9-16(18(27)24-11-4-6-13(21)15(23)8-11)17(25-19(28)26(9)2)10-3-5-12(20)14(22)7-10/h3-8,17H,1-2H3,(H,24,27)(H,25,28)/t17-/m0/s1. The molecular formula is C19H15F4N3O2.